The molecule has 0 radical (unpaired) electrons. The van der Waals surface area contributed by atoms with Crippen LogP contribution in [0.25, 0.3) is 0 Å². The number of aromatic nitrogens is 1. The molecule has 0 bridgehead atoms. The smallest absolute Gasteiger partial charge is 0.244 e. The number of rotatable bonds is 5. The number of hydrogen-bond acceptors (Lipinski definition) is 4. The summed E-state index contributed by atoms with van der Waals surface area (Å²) in [5.74, 6) is 0.279. The third-order valence-electron chi connectivity index (χ3n) is 3.41. The van der Waals surface area contributed by atoms with Crippen LogP contribution in [0, 0.1) is 5.92 Å². The van der Waals surface area contributed by atoms with Gasteiger partial charge in [0.25, 0.3) is 0 Å². The van der Waals surface area contributed by atoms with Crippen molar-refractivity contribution >= 4 is 10.0 Å². The fourth-order valence-electron chi connectivity index (χ4n) is 2.28. The maximum absolute atomic E-state index is 12.4. The first-order valence-corrected chi connectivity index (χ1v) is 7.89. The number of nitrogens with zero attached hydrogens (tertiary/aromatic N) is 1. The second-order valence-corrected chi connectivity index (χ2v) is 6.98. The van der Waals surface area contributed by atoms with E-state index >= 15 is 0 Å². The molecule has 1 saturated heterocycles. The second-order valence-electron chi connectivity index (χ2n) is 4.93. The van der Waals surface area contributed by atoms with E-state index in [0.717, 1.165) is 19.4 Å². The largest absolute Gasteiger partial charge is 0.381 e. The molecule has 108 valence electrons. The molecule has 0 aliphatic carbocycles. The van der Waals surface area contributed by atoms with Gasteiger partial charge in [0.2, 0.25) is 10.0 Å². The highest BCUT2D eigenvalue weighted by molar-refractivity contribution is 7.89. The van der Waals surface area contributed by atoms with E-state index in [9.17, 15) is 8.42 Å². The number of sulfonamides is 1. The summed E-state index contributed by atoms with van der Waals surface area (Å²) in [7, 11) is -1.83. The Balaban J connectivity index is 2.05. The maximum Gasteiger partial charge on any atom is 0.244 e. The maximum atomic E-state index is 12.4. The molecule has 1 aromatic heterocycles. The fraction of sp³-hybridized carbons (Fsp3) is 0.667. The summed E-state index contributed by atoms with van der Waals surface area (Å²) < 4.78 is 31.5. The minimum atomic E-state index is -3.44. The molecule has 2 heterocycles. The first kappa shape index (κ1) is 14.5. The zero-order valence-electron chi connectivity index (χ0n) is 11.1. The van der Waals surface area contributed by atoms with Gasteiger partial charge >= 0.3 is 0 Å². The Morgan fingerprint density at radius 3 is 2.95 bits per heavy atom. The van der Waals surface area contributed by atoms with Crippen LogP contribution in [0.3, 0.4) is 0 Å². The molecule has 19 heavy (non-hydrogen) atoms. The summed E-state index contributed by atoms with van der Waals surface area (Å²) in [6, 6.07) is 1.59. The topological polar surface area (TPSA) is 88.4 Å². The summed E-state index contributed by atoms with van der Waals surface area (Å²) in [6.07, 6.45) is 3.51. The predicted molar refractivity (Wildman–Crippen MR) is 72.0 cm³/mol. The zero-order chi connectivity index (χ0) is 13.9. The van der Waals surface area contributed by atoms with E-state index in [0.29, 0.717) is 25.4 Å². The summed E-state index contributed by atoms with van der Waals surface area (Å²) in [6.45, 7) is 2.22. The van der Waals surface area contributed by atoms with E-state index in [4.69, 9.17) is 10.5 Å². The van der Waals surface area contributed by atoms with Gasteiger partial charge in [0.05, 0.1) is 11.5 Å². The van der Waals surface area contributed by atoms with Gasteiger partial charge in [-0.3, -0.25) is 0 Å². The molecule has 0 aromatic carbocycles. The lowest BCUT2D eigenvalue weighted by Crippen LogP contribution is -2.35. The van der Waals surface area contributed by atoms with Gasteiger partial charge in [-0.25, -0.2) is 12.7 Å². The number of ether oxygens (including phenoxy) is 1. The van der Waals surface area contributed by atoms with Crippen LogP contribution in [-0.2, 0) is 21.3 Å². The van der Waals surface area contributed by atoms with Crippen LogP contribution in [0.15, 0.2) is 17.2 Å². The standard InChI is InChI=1S/C12H21N3O3S/c1-15(8-10-3-2-4-18-9-10)19(16,17)12-5-11(6-13)14-7-12/h5,7,10,14H,2-4,6,8-9,13H2,1H3. The summed E-state index contributed by atoms with van der Waals surface area (Å²) >= 11 is 0. The molecule has 1 fully saturated rings. The van der Waals surface area contributed by atoms with Crippen molar-refractivity contribution in [2.24, 2.45) is 11.7 Å². The van der Waals surface area contributed by atoms with Gasteiger partial charge in [-0.1, -0.05) is 0 Å². The molecule has 3 N–H and O–H groups in total. The molecule has 0 saturated carbocycles. The first-order valence-electron chi connectivity index (χ1n) is 6.45. The van der Waals surface area contributed by atoms with Crippen LogP contribution < -0.4 is 5.73 Å². The highest BCUT2D eigenvalue weighted by Gasteiger charge is 2.25. The van der Waals surface area contributed by atoms with Crippen LogP contribution in [0.1, 0.15) is 18.5 Å². The molecular formula is C12H21N3O3S. The normalized spacial score (nSPS) is 20.9. The van der Waals surface area contributed by atoms with Crippen molar-refractivity contribution in [3.05, 3.63) is 18.0 Å². The average Bonchev–Trinajstić information content (AvgIpc) is 2.89. The third-order valence-corrected chi connectivity index (χ3v) is 5.22. The molecule has 1 aliphatic rings. The average molecular weight is 287 g/mol. The summed E-state index contributed by atoms with van der Waals surface area (Å²) in [5, 5.41) is 0. The minimum absolute atomic E-state index is 0.271. The monoisotopic (exact) mass is 287 g/mol. The fourth-order valence-corrected chi connectivity index (χ4v) is 3.54. The van der Waals surface area contributed by atoms with Gasteiger partial charge in [0, 0.05) is 38.6 Å². The van der Waals surface area contributed by atoms with E-state index < -0.39 is 10.0 Å². The third kappa shape index (κ3) is 3.36. The molecule has 7 heteroatoms. The quantitative estimate of drug-likeness (QED) is 0.826. The van der Waals surface area contributed by atoms with Crippen LogP contribution in [0.2, 0.25) is 0 Å². The van der Waals surface area contributed by atoms with E-state index in [1.54, 1.807) is 13.1 Å². The van der Waals surface area contributed by atoms with Crippen molar-refractivity contribution in [2.45, 2.75) is 24.3 Å². The van der Waals surface area contributed by atoms with E-state index in [1.807, 2.05) is 0 Å². The van der Waals surface area contributed by atoms with Gasteiger partial charge in [-0.2, -0.15) is 0 Å². The lowest BCUT2D eigenvalue weighted by atomic mass is 10.0. The van der Waals surface area contributed by atoms with Crippen LogP contribution in [-0.4, -0.2) is 44.5 Å². The predicted octanol–water partition coefficient (Wildman–Crippen LogP) is 0.521. The number of aromatic amines is 1. The molecule has 6 nitrogen and oxygen atoms in total. The Labute approximate surface area is 114 Å². The van der Waals surface area contributed by atoms with Crippen molar-refractivity contribution in [2.75, 3.05) is 26.8 Å². The molecule has 0 spiro atoms. The van der Waals surface area contributed by atoms with E-state index in [1.165, 1.54) is 10.5 Å². The van der Waals surface area contributed by atoms with Crippen LogP contribution >= 0.6 is 0 Å². The van der Waals surface area contributed by atoms with E-state index in [-0.39, 0.29) is 10.8 Å². The summed E-state index contributed by atoms with van der Waals surface area (Å²) in [4.78, 5) is 3.14. The van der Waals surface area contributed by atoms with Gasteiger partial charge in [-0.15, -0.1) is 0 Å². The molecule has 0 amide bonds. The van der Waals surface area contributed by atoms with Crippen molar-refractivity contribution < 1.29 is 13.2 Å². The van der Waals surface area contributed by atoms with Gasteiger partial charge in [0.1, 0.15) is 0 Å². The Morgan fingerprint density at radius 1 is 1.58 bits per heavy atom. The van der Waals surface area contributed by atoms with Crippen LogP contribution in [0.5, 0.6) is 0 Å². The lowest BCUT2D eigenvalue weighted by molar-refractivity contribution is 0.0495. The van der Waals surface area contributed by atoms with Crippen LogP contribution in [0.4, 0.5) is 0 Å². The molecule has 1 aromatic rings. The Bertz CT molecular complexity index is 506. The van der Waals surface area contributed by atoms with Crippen molar-refractivity contribution in [3.8, 4) is 0 Å². The van der Waals surface area contributed by atoms with Gasteiger partial charge in [0.15, 0.2) is 0 Å². The Kier molecular flexibility index (Phi) is 4.62. The second kappa shape index (κ2) is 6.04. The number of H-pyrrole nitrogens is 1. The molecule has 1 unspecified atom stereocenters. The first-order chi connectivity index (χ1) is 9.04. The van der Waals surface area contributed by atoms with Crippen molar-refractivity contribution in [1.82, 2.24) is 9.29 Å². The van der Waals surface area contributed by atoms with Gasteiger partial charge in [-0.05, 0) is 24.8 Å². The number of nitrogens with two attached hydrogens (primary N) is 1. The van der Waals surface area contributed by atoms with Crippen molar-refractivity contribution in [3.63, 3.8) is 0 Å². The minimum Gasteiger partial charge on any atom is -0.381 e. The molecular weight excluding hydrogens is 266 g/mol. The number of nitrogens with one attached hydrogen (secondary N) is 1. The molecule has 1 aliphatic heterocycles. The highest BCUT2D eigenvalue weighted by Crippen LogP contribution is 2.20. The lowest BCUT2D eigenvalue weighted by Gasteiger charge is -2.26. The SMILES string of the molecule is CN(CC1CCCOC1)S(=O)(=O)c1c[nH]c(CN)c1. The van der Waals surface area contributed by atoms with E-state index in [2.05, 4.69) is 4.98 Å². The Hall–Kier alpha value is -0.890. The summed E-state index contributed by atoms with van der Waals surface area (Å²) in [5.41, 5.74) is 6.19. The molecule has 2 rings (SSSR count). The van der Waals surface area contributed by atoms with Gasteiger partial charge < -0.3 is 15.5 Å². The van der Waals surface area contributed by atoms with Crippen molar-refractivity contribution in [1.29, 1.82) is 0 Å². The Morgan fingerprint density at radius 2 is 2.37 bits per heavy atom. The number of hydrogen-bond donors (Lipinski definition) is 2. The zero-order valence-corrected chi connectivity index (χ0v) is 11.9. The molecule has 1 atom stereocenters. The highest BCUT2D eigenvalue weighted by atomic mass is 32.2.